The zero-order valence-corrected chi connectivity index (χ0v) is 17.0. The fraction of sp³-hybridized carbons (Fsp3) is 0.611. The number of aryl methyl sites for hydroxylation is 1. The van der Waals surface area contributed by atoms with Crippen molar-refractivity contribution in [3.8, 4) is 0 Å². The Kier molecular flexibility index (Phi) is 4.83. The van der Waals surface area contributed by atoms with Crippen LogP contribution in [0.3, 0.4) is 0 Å². The lowest BCUT2D eigenvalue weighted by Gasteiger charge is -2.36. The largest absolute Gasteiger partial charge is 0.366 e. The van der Waals surface area contributed by atoms with Crippen LogP contribution in [0, 0.1) is 13.8 Å². The molecule has 8 heteroatoms. The van der Waals surface area contributed by atoms with Crippen molar-refractivity contribution in [2.24, 2.45) is 0 Å². The van der Waals surface area contributed by atoms with E-state index in [0.29, 0.717) is 6.42 Å². The molecular formula is C18H26N4O2S2. The summed E-state index contributed by atoms with van der Waals surface area (Å²) in [6, 6.07) is 2.19. The van der Waals surface area contributed by atoms with Gasteiger partial charge in [0.2, 0.25) is 0 Å². The Morgan fingerprint density at radius 3 is 2.62 bits per heavy atom. The third-order valence-corrected chi connectivity index (χ3v) is 8.00. The number of aromatic nitrogens is 2. The van der Waals surface area contributed by atoms with Gasteiger partial charge in [0.15, 0.2) is 9.84 Å². The number of hydrogen-bond acceptors (Lipinski definition) is 6. The van der Waals surface area contributed by atoms with Crippen LogP contribution in [0.15, 0.2) is 16.8 Å². The SMILES string of the molecule is Cc1nn(C2CCS(=O)(=O)C2)c(C)c1N1CCN(Cc2ccsc2)CC1. The van der Waals surface area contributed by atoms with E-state index in [1.54, 1.807) is 11.3 Å². The molecule has 4 rings (SSSR count). The molecule has 0 aromatic carbocycles. The Morgan fingerprint density at radius 2 is 2.00 bits per heavy atom. The molecule has 0 aliphatic carbocycles. The Balaban J connectivity index is 1.45. The minimum atomic E-state index is -2.90. The van der Waals surface area contributed by atoms with E-state index < -0.39 is 9.84 Å². The maximum Gasteiger partial charge on any atom is 0.152 e. The van der Waals surface area contributed by atoms with Crippen molar-refractivity contribution in [3.63, 3.8) is 0 Å². The number of hydrogen-bond donors (Lipinski definition) is 0. The molecule has 0 amide bonds. The fourth-order valence-electron chi connectivity index (χ4n) is 4.21. The van der Waals surface area contributed by atoms with Crippen LogP contribution in [0.25, 0.3) is 0 Å². The van der Waals surface area contributed by atoms with Gasteiger partial charge in [-0.05, 0) is 42.7 Å². The summed E-state index contributed by atoms with van der Waals surface area (Å²) >= 11 is 1.75. The highest BCUT2D eigenvalue weighted by molar-refractivity contribution is 7.91. The van der Waals surface area contributed by atoms with Gasteiger partial charge in [-0.3, -0.25) is 9.58 Å². The van der Waals surface area contributed by atoms with Crippen LogP contribution < -0.4 is 4.90 Å². The molecule has 6 nitrogen and oxygen atoms in total. The van der Waals surface area contributed by atoms with Gasteiger partial charge in [0, 0.05) is 32.7 Å². The lowest BCUT2D eigenvalue weighted by atomic mass is 10.2. The highest BCUT2D eigenvalue weighted by Gasteiger charge is 2.32. The highest BCUT2D eigenvalue weighted by atomic mass is 32.2. The minimum Gasteiger partial charge on any atom is -0.366 e. The first kappa shape index (κ1) is 18.0. The fourth-order valence-corrected chi connectivity index (χ4v) is 6.56. The molecule has 2 aliphatic rings. The second-order valence-corrected chi connectivity index (χ2v) is 10.4. The van der Waals surface area contributed by atoms with E-state index >= 15 is 0 Å². The van der Waals surface area contributed by atoms with Crippen LogP contribution in [0.2, 0.25) is 0 Å². The van der Waals surface area contributed by atoms with Crippen molar-refractivity contribution in [1.82, 2.24) is 14.7 Å². The second kappa shape index (κ2) is 6.98. The molecule has 0 N–H and O–H groups in total. The van der Waals surface area contributed by atoms with Gasteiger partial charge in [-0.15, -0.1) is 0 Å². The van der Waals surface area contributed by atoms with E-state index in [1.807, 2.05) is 11.6 Å². The van der Waals surface area contributed by atoms with Crippen molar-refractivity contribution in [3.05, 3.63) is 33.8 Å². The summed E-state index contributed by atoms with van der Waals surface area (Å²) in [5.41, 5.74) is 4.71. The zero-order chi connectivity index (χ0) is 18.3. The molecule has 4 heterocycles. The first-order valence-electron chi connectivity index (χ1n) is 9.17. The van der Waals surface area contributed by atoms with Crippen molar-refractivity contribution in [2.45, 2.75) is 32.9 Å². The van der Waals surface area contributed by atoms with Gasteiger partial charge in [-0.1, -0.05) is 0 Å². The maximum atomic E-state index is 11.8. The van der Waals surface area contributed by atoms with E-state index in [2.05, 4.69) is 33.6 Å². The molecule has 1 atom stereocenters. The summed E-state index contributed by atoms with van der Waals surface area (Å²) in [6.45, 7) is 9.20. The van der Waals surface area contributed by atoms with Gasteiger partial charge in [0.05, 0.1) is 34.6 Å². The molecule has 2 aromatic rings. The van der Waals surface area contributed by atoms with Crippen molar-refractivity contribution >= 4 is 26.9 Å². The Bertz CT molecular complexity index is 865. The summed E-state index contributed by atoms with van der Waals surface area (Å²) in [6.07, 6.45) is 0.679. The molecule has 0 saturated carbocycles. The molecule has 2 aliphatic heterocycles. The zero-order valence-electron chi connectivity index (χ0n) is 15.4. The smallest absolute Gasteiger partial charge is 0.152 e. The van der Waals surface area contributed by atoms with Gasteiger partial charge in [-0.25, -0.2) is 8.42 Å². The van der Waals surface area contributed by atoms with Gasteiger partial charge < -0.3 is 4.90 Å². The number of nitrogens with zero attached hydrogens (tertiary/aromatic N) is 4. The van der Waals surface area contributed by atoms with Crippen LogP contribution in [0.4, 0.5) is 5.69 Å². The monoisotopic (exact) mass is 394 g/mol. The molecule has 2 fully saturated rings. The molecule has 26 heavy (non-hydrogen) atoms. The highest BCUT2D eigenvalue weighted by Crippen LogP contribution is 2.31. The lowest BCUT2D eigenvalue weighted by molar-refractivity contribution is 0.250. The Morgan fingerprint density at radius 1 is 1.23 bits per heavy atom. The molecule has 1 unspecified atom stereocenters. The van der Waals surface area contributed by atoms with Crippen LogP contribution in [0.5, 0.6) is 0 Å². The van der Waals surface area contributed by atoms with Gasteiger partial charge >= 0.3 is 0 Å². The average Bonchev–Trinajstić information content (AvgIpc) is 3.29. The molecule has 0 spiro atoms. The van der Waals surface area contributed by atoms with Crippen molar-refractivity contribution < 1.29 is 8.42 Å². The summed E-state index contributed by atoms with van der Waals surface area (Å²) in [5, 5.41) is 9.07. The number of thiophene rings is 1. The average molecular weight is 395 g/mol. The van der Waals surface area contributed by atoms with Crippen molar-refractivity contribution in [1.29, 1.82) is 0 Å². The molecule has 0 radical (unpaired) electrons. The Labute approximate surface area is 159 Å². The number of rotatable bonds is 4. The molecular weight excluding hydrogens is 368 g/mol. The normalized spacial score (nSPS) is 23.6. The second-order valence-electron chi connectivity index (χ2n) is 7.42. The third-order valence-electron chi connectivity index (χ3n) is 5.52. The topological polar surface area (TPSA) is 58.4 Å². The van der Waals surface area contributed by atoms with E-state index in [-0.39, 0.29) is 17.5 Å². The lowest BCUT2D eigenvalue weighted by Crippen LogP contribution is -2.46. The number of anilines is 1. The minimum absolute atomic E-state index is 0.00710. The predicted octanol–water partition coefficient (Wildman–Crippen LogP) is 2.24. The van der Waals surface area contributed by atoms with Crippen LogP contribution >= 0.6 is 11.3 Å². The van der Waals surface area contributed by atoms with E-state index in [0.717, 1.165) is 44.1 Å². The van der Waals surface area contributed by atoms with Crippen LogP contribution in [-0.4, -0.2) is 60.8 Å². The van der Waals surface area contributed by atoms with Crippen LogP contribution in [0.1, 0.15) is 29.4 Å². The quantitative estimate of drug-likeness (QED) is 0.796. The third kappa shape index (κ3) is 3.54. The van der Waals surface area contributed by atoms with Crippen LogP contribution in [-0.2, 0) is 16.4 Å². The molecule has 2 aromatic heterocycles. The van der Waals surface area contributed by atoms with Gasteiger partial charge in [0.1, 0.15) is 0 Å². The Hall–Kier alpha value is -1.38. The first-order chi connectivity index (χ1) is 12.4. The molecule has 142 valence electrons. The standard InChI is InChI=1S/C18H26N4O2S2/c1-14-18(15(2)22(19-14)17-4-10-26(23,24)13-17)21-7-5-20(6-8-21)11-16-3-9-25-12-16/h3,9,12,17H,4-8,10-11,13H2,1-2H3. The van der Waals surface area contributed by atoms with Gasteiger partial charge in [0.25, 0.3) is 0 Å². The number of piperazine rings is 1. The van der Waals surface area contributed by atoms with Gasteiger partial charge in [-0.2, -0.15) is 16.4 Å². The van der Waals surface area contributed by atoms with E-state index in [4.69, 9.17) is 5.10 Å². The molecule has 0 bridgehead atoms. The summed E-state index contributed by atoms with van der Waals surface area (Å²) < 4.78 is 25.6. The summed E-state index contributed by atoms with van der Waals surface area (Å²) in [5.74, 6) is 0.509. The molecule has 2 saturated heterocycles. The van der Waals surface area contributed by atoms with E-state index in [1.165, 1.54) is 11.3 Å². The summed E-state index contributed by atoms with van der Waals surface area (Å²) in [7, 11) is -2.90. The van der Waals surface area contributed by atoms with E-state index in [9.17, 15) is 8.42 Å². The predicted molar refractivity (Wildman–Crippen MR) is 106 cm³/mol. The number of sulfone groups is 1. The van der Waals surface area contributed by atoms with Crippen molar-refractivity contribution in [2.75, 3.05) is 42.6 Å². The maximum absolute atomic E-state index is 11.8. The first-order valence-corrected chi connectivity index (χ1v) is 11.9. The summed E-state index contributed by atoms with van der Waals surface area (Å²) in [4.78, 5) is 4.92.